The number of hydrogen-bond acceptors (Lipinski definition) is 1. The summed E-state index contributed by atoms with van der Waals surface area (Å²) in [7, 11) is 2.02. The van der Waals surface area contributed by atoms with Crippen LogP contribution in [-0.4, -0.2) is 13.6 Å². The highest BCUT2D eigenvalue weighted by Gasteiger charge is 2.13. The van der Waals surface area contributed by atoms with Crippen LogP contribution in [0.25, 0.3) is 0 Å². The molecule has 2 aromatic carbocycles. The second kappa shape index (κ2) is 6.88. The zero-order valence-corrected chi connectivity index (χ0v) is 13.1. The summed E-state index contributed by atoms with van der Waals surface area (Å²) in [5, 5.41) is 3.31. The molecule has 0 radical (unpaired) electrons. The summed E-state index contributed by atoms with van der Waals surface area (Å²) < 4.78 is 1.15. The molecule has 0 aliphatic carbocycles. The van der Waals surface area contributed by atoms with E-state index in [0.717, 1.165) is 17.4 Å². The Hall–Kier alpha value is -1.12. The van der Waals surface area contributed by atoms with Crippen LogP contribution in [0.3, 0.4) is 0 Å². The Labute approximate surface area is 124 Å². The summed E-state index contributed by atoms with van der Waals surface area (Å²) in [5.41, 5.74) is 4.19. The molecule has 2 aromatic rings. The van der Waals surface area contributed by atoms with E-state index in [1.807, 2.05) is 7.05 Å². The van der Waals surface area contributed by atoms with Crippen molar-refractivity contribution in [2.24, 2.45) is 0 Å². The van der Waals surface area contributed by atoms with E-state index in [4.69, 9.17) is 0 Å². The van der Waals surface area contributed by atoms with Gasteiger partial charge in [0.1, 0.15) is 0 Å². The van der Waals surface area contributed by atoms with Gasteiger partial charge in [0.15, 0.2) is 0 Å². The fourth-order valence-corrected chi connectivity index (χ4v) is 2.84. The lowest BCUT2D eigenvalue weighted by atomic mass is 9.90. The van der Waals surface area contributed by atoms with Crippen molar-refractivity contribution in [3.63, 3.8) is 0 Å². The molecule has 19 heavy (non-hydrogen) atoms. The second-order valence-corrected chi connectivity index (χ2v) is 5.86. The number of hydrogen-bond donors (Lipinski definition) is 1. The lowest BCUT2D eigenvalue weighted by Gasteiger charge is -2.18. The van der Waals surface area contributed by atoms with Crippen molar-refractivity contribution < 1.29 is 0 Å². The van der Waals surface area contributed by atoms with E-state index in [9.17, 15) is 0 Å². The van der Waals surface area contributed by atoms with Gasteiger partial charge in [-0.05, 0) is 49.2 Å². The quantitative estimate of drug-likeness (QED) is 0.866. The summed E-state index contributed by atoms with van der Waals surface area (Å²) >= 11 is 3.56. The van der Waals surface area contributed by atoms with Crippen molar-refractivity contribution >= 4 is 15.9 Å². The number of likely N-dealkylation sites (N-methyl/N-ethyl adjacent to an activating group) is 1. The van der Waals surface area contributed by atoms with Crippen LogP contribution in [0.1, 0.15) is 22.6 Å². The lowest BCUT2D eigenvalue weighted by molar-refractivity contribution is 0.624. The summed E-state index contributed by atoms with van der Waals surface area (Å²) in [6.45, 7) is 3.18. The lowest BCUT2D eigenvalue weighted by Crippen LogP contribution is -2.19. The van der Waals surface area contributed by atoms with Gasteiger partial charge in [-0.1, -0.05) is 52.3 Å². The molecule has 0 fully saturated rings. The maximum atomic E-state index is 3.56. The Morgan fingerprint density at radius 3 is 2.58 bits per heavy atom. The highest BCUT2D eigenvalue weighted by molar-refractivity contribution is 9.10. The average Bonchev–Trinajstić information content (AvgIpc) is 2.40. The first kappa shape index (κ1) is 14.3. The third kappa shape index (κ3) is 3.92. The van der Waals surface area contributed by atoms with Crippen LogP contribution in [0, 0.1) is 6.92 Å². The molecule has 0 aliphatic heterocycles. The van der Waals surface area contributed by atoms with Crippen LogP contribution in [-0.2, 0) is 6.42 Å². The molecule has 0 aliphatic rings. The summed E-state index contributed by atoms with van der Waals surface area (Å²) in [6.07, 6.45) is 1.07. The summed E-state index contributed by atoms with van der Waals surface area (Å²) in [5.74, 6) is 0.503. The van der Waals surface area contributed by atoms with Gasteiger partial charge in [-0.15, -0.1) is 0 Å². The van der Waals surface area contributed by atoms with Gasteiger partial charge >= 0.3 is 0 Å². The fourth-order valence-electron chi connectivity index (χ4n) is 2.42. The van der Waals surface area contributed by atoms with Crippen molar-refractivity contribution in [1.82, 2.24) is 5.32 Å². The third-order valence-electron chi connectivity index (χ3n) is 3.50. The molecule has 1 nitrogen and oxygen atoms in total. The number of aryl methyl sites for hydroxylation is 1. The molecule has 100 valence electrons. The highest BCUT2D eigenvalue weighted by atomic mass is 79.9. The number of benzene rings is 2. The summed E-state index contributed by atoms with van der Waals surface area (Å²) in [6, 6.07) is 17.3. The largest absolute Gasteiger partial charge is 0.319 e. The van der Waals surface area contributed by atoms with E-state index < -0.39 is 0 Å². The van der Waals surface area contributed by atoms with E-state index in [1.54, 1.807) is 0 Å². The Balaban J connectivity index is 2.24. The topological polar surface area (TPSA) is 12.0 Å². The van der Waals surface area contributed by atoms with Gasteiger partial charge < -0.3 is 5.32 Å². The predicted molar refractivity (Wildman–Crippen MR) is 85.7 cm³/mol. The molecular weight excluding hydrogens is 298 g/mol. The Morgan fingerprint density at radius 2 is 1.89 bits per heavy atom. The third-order valence-corrected chi connectivity index (χ3v) is 3.99. The molecular formula is C17H20BrN. The molecule has 1 atom stereocenters. The van der Waals surface area contributed by atoms with E-state index >= 15 is 0 Å². The van der Waals surface area contributed by atoms with Gasteiger partial charge in [-0.2, -0.15) is 0 Å². The Bertz CT molecular complexity index is 536. The van der Waals surface area contributed by atoms with E-state index in [-0.39, 0.29) is 0 Å². The van der Waals surface area contributed by atoms with Crippen molar-refractivity contribution in [2.45, 2.75) is 19.3 Å². The molecule has 0 saturated heterocycles. The zero-order valence-electron chi connectivity index (χ0n) is 11.5. The minimum absolute atomic E-state index is 0.503. The van der Waals surface area contributed by atoms with E-state index in [2.05, 4.69) is 76.7 Å². The summed E-state index contributed by atoms with van der Waals surface area (Å²) in [4.78, 5) is 0. The first-order chi connectivity index (χ1) is 9.20. The smallest absolute Gasteiger partial charge is 0.0178 e. The second-order valence-electron chi connectivity index (χ2n) is 4.94. The van der Waals surface area contributed by atoms with Gasteiger partial charge in [-0.25, -0.2) is 0 Å². The normalized spacial score (nSPS) is 12.4. The standard InChI is InChI=1S/C17H20BrN/c1-13-6-3-4-7-14(13)10-16(12-19-2)15-8-5-9-17(18)11-15/h3-9,11,16,19H,10,12H2,1-2H3. The van der Waals surface area contributed by atoms with Crippen LogP contribution in [0.4, 0.5) is 0 Å². The van der Waals surface area contributed by atoms with Crippen molar-refractivity contribution in [3.05, 3.63) is 69.7 Å². The first-order valence-electron chi connectivity index (χ1n) is 6.65. The van der Waals surface area contributed by atoms with Crippen molar-refractivity contribution in [3.8, 4) is 0 Å². The number of nitrogens with one attached hydrogen (secondary N) is 1. The number of rotatable bonds is 5. The molecule has 0 saturated carbocycles. The molecule has 0 bridgehead atoms. The van der Waals surface area contributed by atoms with Crippen LogP contribution in [0.2, 0.25) is 0 Å². The number of halogens is 1. The monoisotopic (exact) mass is 317 g/mol. The molecule has 2 rings (SSSR count). The maximum absolute atomic E-state index is 3.56. The van der Waals surface area contributed by atoms with Gasteiger partial charge in [0.2, 0.25) is 0 Å². The average molecular weight is 318 g/mol. The molecule has 0 spiro atoms. The molecule has 1 N–H and O–H groups in total. The molecule has 1 unspecified atom stereocenters. The van der Waals surface area contributed by atoms with Crippen LogP contribution < -0.4 is 5.32 Å². The molecule has 0 amide bonds. The molecule has 0 heterocycles. The van der Waals surface area contributed by atoms with Crippen LogP contribution in [0.15, 0.2) is 53.0 Å². The van der Waals surface area contributed by atoms with Crippen molar-refractivity contribution in [1.29, 1.82) is 0 Å². The van der Waals surface area contributed by atoms with E-state index in [1.165, 1.54) is 16.7 Å². The van der Waals surface area contributed by atoms with Crippen molar-refractivity contribution in [2.75, 3.05) is 13.6 Å². The van der Waals surface area contributed by atoms with Crippen LogP contribution >= 0.6 is 15.9 Å². The highest BCUT2D eigenvalue weighted by Crippen LogP contribution is 2.24. The van der Waals surface area contributed by atoms with Gasteiger partial charge in [-0.3, -0.25) is 0 Å². The minimum Gasteiger partial charge on any atom is -0.319 e. The molecule has 2 heteroatoms. The zero-order chi connectivity index (χ0) is 13.7. The van der Waals surface area contributed by atoms with Gasteiger partial charge in [0, 0.05) is 16.9 Å². The Morgan fingerprint density at radius 1 is 1.11 bits per heavy atom. The van der Waals surface area contributed by atoms with Gasteiger partial charge in [0.25, 0.3) is 0 Å². The van der Waals surface area contributed by atoms with Crippen LogP contribution in [0.5, 0.6) is 0 Å². The molecule has 0 aromatic heterocycles. The van der Waals surface area contributed by atoms with Gasteiger partial charge in [0.05, 0.1) is 0 Å². The predicted octanol–water partition coefficient (Wildman–Crippen LogP) is 4.30. The maximum Gasteiger partial charge on any atom is 0.0178 e. The first-order valence-corrected chi connectivity index (χ1v) is 7.44. The van der Waals surface area contributed by atoms with E-state index in [0.29, 0.717) is 5.92 Å². The SMILES string of the molecule is CNCC(Cc1ccccc1C)c1cccc(Br)c1. The Kier molecular flexibility index (Phi) is 5.17. The fraction of sp³-hybridized carbons (Fsp3) is 0.294. The minimum atomic E-state index is 0.503.